The third-order valence-corrected chi connectivity index (χ3v) is 11.5. The Balaban J connectivity index is 1.02. The molecule has 0 fully saturated rings. The van der Waals surface area contributed by atoms with Crippen LogP contribution in [-0.4, -0.2) is 27.5 Å². The first-order chi connectivity index (χ1) is 27.8. The Morgan fingerprint density at radius 2 is 1.11 bits per heavy atom. The number of nitrogens with zero attached hydrogens (tertiary/aromatic N) is 4. The number of anilines is 1. The molecule has 1 aromatic heterocycles. The van der Waals surface area contributed by atoms with Gasteiger partial charge in [-0.05, 0) is 98.6 Å². The smallest absolute Gasteiger partial charge is 0.145 e. The fourth-order valence-electron chi connectivity index (χ4n) is 8.99. The molecule has 0 saturated carbocycles. The average Bonchev–Trinajstić information content (AvgIpc) is 3.86. The van der Waals surface area contributed by atoms with Crippen LogP contribution >= 0.6 is 0 Å². The van der Waals surface area contributed by atoms with Crippen LogP contribution < -0.4 is 4.90 Å². The van der Waals surface area contributed by atoms with Gasteiger partial charge in [-0.3, -0.25) is 9.56 Å². The molecular weight excluding hydrogens is 681 g/mol. The second kappa shape index (κ2) is 13.4. The number of benzene rings is 7. The summed E-state index contributed by atoms with van der Waals surface area (Å²) < 4.78 is 2.28. The van der Waals surface area contributed by atoms with Gasteiger partial charge < -0.3 is 4.90 Å². The van der Waals surface area contributed by atoms with E-state index in [0.717, 1.165) is 46.8 Å². The van der Waals surface area contributed by atoms with Gasteiger partial charge in [0.25, 0.3) is 0 Å². The standard InChI is InChI=1S/C52H38N4/c1-3-15-37(16-4-1)51-53-45-23-11-13-25-47(45)55(51)39-31-27-35(28-32-39)49-41-19-7-9-21-43(41)50(44-22-10-8-20-42(44)49)36-29-33-40(34-30-36)56-48-26-14-12-24-46(48)54-52(56)38-17-5-2-6-18-38/h1-5,7-17,19-34,46,48H,6,18H2. The lowest BCUT2D eigenvalue weighted by molar-refractivity contribution is 0.739. The van der Waals surface area contributed by atoms with Gasteiger partial charge in [0.05, 0.1) is 23.1 Å². The van der Waals surface area contributed by atoms with Crippen molar-refractivity contribution in [3.63, 3.8) is 0 Å². The average molecular weight is 719 g/mol. The van der Waals surface area contributed by atoms with Crippen molar-refractivity contribution in [1.82, 2.24) is 9.55 Å². The molecular formula is C52H38N4. The maximum absolute atomic E-state index is 5.24. The molecule has 266 valence electrons. The van der Waals surface area contributed by atoms with Crippen molar-refractivity contribution in [3.8, 4) is 39.3 Å². The topological polar surface area (TPSA) is 33.4 Å². The second-order valence-corrected chi connectivity index (χ2v) is 14.8. The molecule has 2 heterocycles. The number of imidazole rings is 1. The zero-order valence-corrected chi connectivity index (χ0v) is 30.8. The summed E-state index contributed by atoms with van der Waals surface area (Å²) in [7, 11) is 0. The van der Waals surface area contributed by atoms with E-state index in [1.165, 1.54) is 55.1 Å². The van der Waals surface area contributed by atoms with Crippen LogP contribution in [0.15, 0.2) is 205 Å². The molecule has 3 aliphatic rings. The van der Waals surface area contributed by atoms with Crippen LogP contribution in [0.1, 0.15) is 12.8 Å². The van der Waals surface area contributed by atoms with Crippen LogP contribution in [0.3, 0.4) is 0 Å². The van der Waals surface area contributed by atoms with Crippen molar-refractivity contribution >= 4 is 44.1 Å². The maximum atomic E-state index is 5.24. The molecule has 11 rings (SSSR count). The Bertz CT molecular complexity index is 2900. The first-order valence-electron chi connectivity index (χ1n) is 19.6. The van der Waals surface area contributed by atoms with Gasteiger partial charge in [0.1, 0.15) is 11.7 Å². The molecule has 8 aromatic rings. The monoisotopic (exact) mass is 718 g/mol. The van der Waals surface area contributed by atoms with Crippen molar-refractivity contribution in [2.24, 2.45) is 4.99 Å². The third kappa shape index (κ3) is 5.29. The first kappa shape index (κ1) is 32.4. The summed E-state index contributed by atoms with van der Waals surface area (Å²) >= 11 is 0. The van der Waals surface area contributed by atoms with Crippen LogP contribution in [0.25, 0.3) is 71.9 Å². The molecule has 0 saturated heterocycles. The van der Waals surface area contributed by atoms with Crippen molar-refractivity contribution in [1.29, 1.82) is 0 Å². The Labute approximate surface area is 326 Å². The Hall–Kier alpha value is -7.04. The van der Waals surface area contributed by atoms with Crippen LogP contribution in [0.2, 0.25) is 0 Å². The fourth-order valence-corrected chi connectivity index (χ4v) is 8.99. The van der Waals surface area contributed by atoms with Crippen LogP contribution in [0.5, 0.6) is 0 Å². The molecule has 4 heteroatoms. The Morgan fingerprint density at radius 3 is 1.75 bits per heavy atom. The van der Waals surface area contributed by atoms with Gasteiger partial charge in [-0.2, -0.15) is 0 Å². The van der Waals surface area contributed by atoms with Crippen molar-refractivity contribution in [2.45, 2.75) is 24.9 Å². The highest BCUT2D eigenvalue weighted by molar-refractivity contribution is 6.21. The number of amidine groups is 1. The predicted molar refractivity (Wildman–Crippen MR) is 235 cm³/mol. The molecule has 0 N–H and O–H groups in total. The molecule has 0 radical (unpaired) electrons. The minimum Gasteiger partial charge on any atom is -0.317 e. The zero-order chi connectivity index (χ0) is 37.0. The van der Waals surface area contributed by atoms with E-state index >= 15 is 0 Å². The number of para-hydroxylation sites is 2. The highest BCUT2D eigenvalue weighted by Gasteiger charge is 2.36. The van der Waals surface area contributed by atoms with E-state index in [9.17, 15) is 0 Å². The van der Waals surface area contributed by atoms with Gasteiger partial charge in [0, 0.05) is 16.9 Å². The number of aromatic nitrogens is 2. The minimum atomic E-state index is 0.126. The van der Waals surface area contributed by atoms with E-state index < -0.39 is 0 Å². The van der Waals surface area contributed by atoms with Gasteiger partial charge in [-0.25, -0.2) is 4.98 Å². The summed E-state index contributed by atoms with van der Waals surface area (Å²) in [6, 6.07) is 55.1. The molecule has 0 bridgehead atoms. The van der Waals surface area contributed by atoms with Crippen molar-refractivity contribution in [3.05, 3.63) is 200 Å². The summed E-state index contributed by atoms with van der Waals surface area (Å²) in [5.41, 5.74) is 11.6. The lowest BCUT2D eigenvalue weighted by atomic mass is 9.86. The summed E-state index contributed by atoms with van der Waals surface area (Å²) in [6.45, 7) is 0. The van der Waals surface area contributed by atoms with E-state index in [2.05, 4.69) is 204 Å². The minimum absolute atomic E-state index is 0.126. The van der Waals surface area contributed by atoms with E-state index in [4.69, 9.17) is 9.98 Å². The fraction of sp³-hybridized carbons (Fsp3) is 0.0769. The van der Waals surface area contributed by atoms with Gasteiger partial charge in [-0.15, -0.1) is 0 Å². The Morgan fingerprint density at radius 1 is 0.518 bits per heavy atom. The molecule has 2 aliphatic carbocycles. The van der Waals surface area contributed by atoms with E-state index in [1.807, 2.05) is 0 Å². The predicted octanol–water partition coefficient (Wildman–Crippen LogP) is 12.7. The Kier molecular flexibility index (Phi) is 7.73. The molecule has 4 nitrogen and oxygen atoms in total. The highest BCUT2D eigenvalue weighted by Crippen LogP contribution is 2.45. The number of allylic oxidation sites excluding steroid dienone is 5. The third-order valence-electron chi connectivity index (χ3n) is 11.5. The highest BCUT2D eigenvalue weighted by atomic mass is 15.3. The van der Waals surface area contributed by atoms with Gasteiger partial charge in [0.2, 0.25) is 0 Å². The molecule has 1 aliphatic heterocycles. The van der Waals surface area contributed by atoms with Gasteiger partial charge in [-0.1, -0.05) is 158 Å². The SMILES string of the molecule is C1=CCCC(C2=NC3C=CC=CC3N2c2ccc(-c3c4ccccc4c(-c4ccc(-n5c(-c6ccccc6)nc6ccccc65)cc4)c4ccccc34)cc2)=C1. The van der Waals surface area contributed by atoms with Crippen molar-refractivity contribution in [2.75, 3.05) is 4.90 Å². The second-order valence-electron chi connectivity index (χ2n) is 14.8. The molecule has 2 unspecified atom stereocenters. The number of hydrogen-bond donors (Lipinski definition) is 0. The van der Waals surface area contributed by atoms with E-state index in [0.29, 0.717) is 0 Å². The molecule has 56 heavy (non-hydrogen) atoms. The van der Waals surface area contributed by atoms with Crippen LogP contribution in [0.4, 0.5) is 5.69 Å². The molecule has 0 spiro atoms. The lowest BCUT2D eigenvalue weighted by Gasteiger charge is -2.30. The summed E-state index contributed by atoms with van der Waals surface area (Å²) in [6.07, 6.45) is 17.5. The lowest BCUT2D eigenvalue weighted by Crippen LogP contribution is -2.39. The number of aliphatic imine (C=N–C) groups is 1. The van der Waals surface area contributed by atoms with Crippen LogP contribution in [-0.2, 0) is 0 Å². The molecule has 2 atom stereocenters. The number of rotatable bonds is 6. The van der Waals surface area contributed by atoms with E-state index in [1.54, 1.807) is 0 Å². The largest absolute Gasteiger partial charge is 0.317 e. The normalized spacial score (nSPS) is 17.5. The summed E-state index contributed by atoms with van der Waals surface area (Å²) in [5.74, 6) is 2.03. The number of hydrogen-bond acceptors (Lipinski definition) is 3. The van der Waals surface area contributed by atoms with Crippen molar-refractivity contribution < 1.29 is 0 Å². The first-order valence-corrected chi connectivity index (χ1v) is 19.6. The zero-order valence-electron chi connectivity index (χ0n) is 30.8. The number of fused-ring (bicyclic) bond motifs is 4. The summed E-state index contributed by atoms with van der Waals surface area (Å²) in [4.78, 5) is 12.8. The summed E-state index contributed by atoms with van der Waals surface area (Å²) in [5, 5.41) is 4.97. The van der Waals surface area contributed by atoms with Gasteiger partial charge in [0.15, 0.2) is 0 Å². The van der Waals surface area contributed by atoms with Gasteiger partial charge >= 0.3 is 0 Å². The maximum Gasteiger partial charge on any atom is 0.145 e. The molecule has 7 aromatic carbocycles. The van der Waals surface area contributed by atoms with Crippen LogP contribution in [0, 0.1) is 0 Å². The quantitative estimate of drug-likeness (QED) is 0.160. The van der Waals surface area contributed by atoms with E-state index in [-0.39, 0.29) is 12.1 Å². The molecule has 0 amide bonds.